The van der Waals surface area contributed by atoms with E-state index >= 15 is 0 Å². The van der Waals surface area contributed by atoms with Crippen molar-refractivity contribution in [3.05, 3.63) is 72.9 Å². The van der Waals surface area contributed by atoms with E-state index in [1.54, 1.807) is 6.08 Å². The number of carbonyl (C=O) groups excluding carboxylic acids is 1. The minimum absolute atomic E-state index is 0.0469. The Bertz CT molecular complexity index is 1110. The molecule has 3 unspecified atom stereocenters. The van der Waals surface area contributed by atoms with Crippen LogP contribution in [0.1, 0.15) is 155 Å². The molecular formula is C45H82N2O6P+. The number of likely N-dealkylation sites (N-methyl/N-ethyl adjacent to an activating group) is 1. The van der Waals surface area contributed by atoms with E-state index in [1.165, 1.54) is 57.8 Å². The Morgan fingerprint density at radius 2 is 1.11 bits per heavy atom. The van der Waals surface area contributed by atoms with Crippen molar-refractivity contribution in [1.82, 2.24) is 5.32 Å². The number of phosphoric acid groups is 1. The molecular weight excluding hydrogens is 695 g/mol. The molecule has 0 radical (unpaired) electrons. The van der Waals surface area contributed by atoms with Crippen LogP contribution in [0.3, 0.4) is 0 Å². The number of nitrogens with one attached hydrogen (secondary N) is 1. The number of aliphatic hydroxyl groups excluding tert-OH is 1. The molecule has 0 heterocycles. The van der Waals surface area contributed by atoms with E-state index in [4.69, 9.17) is 9.05 Å². The number of aliphatic hydroxyl groups is 1. The zero-order valence-corrected chi connectivity index (χ0v) is 36.1. The maximum atomic E-state index is 12.8. The van der Waals surface area contributed by atoms with Crippen molar-refractivity contribution in [3.63, 3.8) is 0 Å². The Balaban J connectivity index is 4.46. The third-order valence-corrected chi connectivity index (χ3v) is 9.84. The van der Waals surface area contributed by atoms with Crippen molar-refractivity contribution in [2.24, 2.45) is 0 Å². The van der Waals surface area contributed by atoms with Crippen molar-refractivity contribution in [2.75, 3.05) is 40.9 Å². The Morgan fingerprint density at radius 3 is 1.67 bits per heavy atom. The molecule has 0 spiro atoms. The van der Waals surface area contributed by atoms with E-state index in [0.29, 0.717) is 17.4 Å². The molecule has 54 heavy (non-hydrogen) atoms. The number of quaternary nitrogens is 1. The lowest BCUT2D eigenvalue weighted by Crippen LogP contribution is -2.45. The summed E-state index contributed by atoms with van der Waals surface area (Å²) in [6, 6.07) is -0.878. The largest absolute Gasteiger partial charge is 0.472 e. The van der Waals surface area contributed by atoms with Gasteiger partial charge < -0.3 is 19.8 Å². The molecule has 1 amide bonds. The van der Waals surface area contributed by atoms with Crippen molar-refractivity contribution in [1.29, 1.82) is 0 Å². The first kappa shape index (κ1) is 51.9. The third kappa shape index (κ3) is 38.2. The average molecular weight is 778 g/mol. The van der Waals surface area contributed by atoms with E-state index in [0.717, 1.165) is 77.0 Å². The minimum atomic E-state index is -4.35. The molecule has 0 aromatic rings. The Labute approximate surface area is 332 Å². The lowest BCUT2D eigenvalue weighted by molar-refractivity contribution is -0.870. The van der Waals surface area contributed by atoms with Crippen LogP contribution >= 0.6 is 7.82 Å². The highest BCUT2D eigenvalue weighted by Crippen LogP contribution is 2.43. The summed E-state index contributed by atoms with van der Waals surface area (Å²) in [5.74, 6) is -0.210. The van der Waals surface area contributed by atoms with Gasteiger partial charge in [-0.1, -0.05) is 145 Å². The molecule has 3 N–H and O–H groups in total. The number of allylic oxidation sites excluding steroid dienone is 11. The lowest BCUT2D eigenvalue weighted by atomic mass is 10.1. The van der Waals surface area contributed by atoms with Gasteiger partial charge in [0.25, 0.3) is 0 Å². The topological polar surface area (TPSA) is 105 Å². The molecule has 0 aliphatic rings. The number of phosphoric ester groups is 1. The first-order valence-electron chi connectivity index (χ1n) is 21.3. The number of carbonyl (C=O) groups is 1. The predicted octanol–water partition coefficient (Wildman–Crippen LogP) is 11.6. The molecule has 0 bridgehead atoms. The average Bonchev–Trinajstić information content (AvgIpc) is 3.12. The molecule has 0 aromatic carbocycles. The Morgan fingerprint density at radius 1 is 0.630 bits per heavy atom. The highest BCUT2D eigenvalue weighted by Gasteiger charge is 2.27. The fourth-order valence-corrected chi connectivity index (χ4v) is 6.17. The monoisotopic (exact) mass is 778 g/mol. The second kappa shape index (κ2) is 36.6. The number of hydrogen-bond acceptors (Lipinski definition) is 5. The highest BCUT2D eigenvalue weighted by molar-refractivity contribution is 7.47. The first-order valence-corrected chi connectivity index (χ1v) is 22.8. The van der Waals surface area contributed by atoms with Crippen LogP contribution in [0, 0.1) is 0 Å². The highest BCUT2D eigenvalue weighted by atomic mass is 31.2. The van der Waals surface area contributed by atoms with Gasteiger partial charge >= 0.3 is 7.82 Å². The van der Waals surface area contributed by atoms with Crippen LogP contribution in [0.15, 0.2) is 72.9 Å². The molecule has 0 saturated carbocycles. The molecule has 0 aliphatic carbocycles. The summed E-state index contributed by atoms with van der Waals surface area (Å²) in [6.07, 6.45) is 48.3. The maximum absolute atomic E-state index is 12.8. The van der Waals surface area contributed by atoms with Crippen LogP contribution in [0.4, 0.5) is 0 Å². The SMILES string of the molecule is CCC/C=C/CC/C=C/CC/C=C/C(O)C(COP(=O)(O)OCC[N+](C)(C)C)NC(=O)CCCCCCCC/C=C\C/C=C\C/C=C\CCCCCCC. The van der Waals surface area contributed by atoms with Crippen molar-refractivity contribution in [3.8, 4) is 0 Å². The summed E-state index contributed by atoms with van der Waals surface area (Å²) >= 11 is 0. The summed E-state index contributed by atoms with van der Waals surface area (Å²) in [5.41, 5.74) is 0. The zero-order chi connectivity index (χ0) is 40.0. The number of hydrogen-bond donors (Lipinski definition) is 3. The maximum Gasteiger partial charge on any atom is 0.472 e. The summed E-state index contributed by atoms with van der Waals surface area (Å²) < 4.78 is 23.4. The molecule has 0 rings (SSSR count). The van der Waals surface area contributed by atoms with Gasteiger partial charge in [0.1, 0.15) is 13.2 Å². The third-order valence-electron chi connectivity index (χ3n) is 8.86. The van der Waals surface area contributed by atoms with Gasteiger partial charge in [-0.15, -0.1) is 0 Å². The van der Waals surface area contributed by atoms with E-state index in [9.17, 15) is 19.4 Å². The standard InChI is InChI=1S/C45H81N2O6P/c1-6-8-10-12-14-16-18-19-20-21-22-23-24-25-26-27-29-31-33-35-37-39-45(49)46-43(42-53-54(50,51)52-41-40-47(3,4)5)44(48)38-36-34-32-30-28-17-15-13-11-9-7-2/h11,13,18-19,21-22,24-25,28,30,36,38,43-44,48H,6-10,12,14-17,20,23,26-27,29,31-35,37,39-42H2,1-5H3,(H-,46,49,50,51)/p+1/b13-11+,19-18-,22-21-,25-24-,30-28+,38-36+. The molecule has 0 aliphatic heterocycles. The normalized spacial score (nSPS) is 15.2. The molecule has 9 heteroatoms. The minimum Gasteiger partial charge on any atom is -0.387 e. The fourth-order valence-electron chi connectivity index (χ4n) is 5.44. The number of amides is 1. The first-order chi connectivity index (χ1) is 26.0. The summed E-state index contributed by atoms with van der Waals surface area (Å²) in [6.45, 7) is 4.66. The fraction of sp³-hybridized carbons (Fsp3) is 0.711. The molecule has 3 atom stereocenters. The van der Waals surface area contributed by atoms with Gasteiger partial charge in [-0.2, -0.15) is 0 Å². The van der Waals surface area contributed by atoms with Crippen LogP contribution in [0.5, 0.6) is 0 Å². The van der Waals surface area contributed by atoms with Crippen molar-refractivity contribution < 1.29 is 32.9 Å². The predicted molar refractivity (Wildman–Crippen MR) is 230 cm³/mol. The Kier molecular flexibility index (Phi) is 35.2. The summed E-state index contributed by atoms with van der Waals surface area (Å²) in [7, 11) is 1.52. The van der Waals surface area contributed by atoms with E-state index in [2.05, 4.69) is 79.9 Å². The van der Waals surface area contributed by atoms with Gasteiger partial charge in [-0.05, 0) is 77.0 Å². The van der Waals surface area contributed by atoms with Gasteiger partial charge in [-0.25, -0.2) is 4.57 Å². The molecule has 312 valence electrons. The molecule has 0 aromatic heterocycles. The second-order valence-corrected chi connectivity index (χ2v) is 16.8. The number of rotatable bonds is 37. The van der Waals surface area contributed by atoms with E-state index < -0.39 is 20.0 Å². The van der Waals surface area contributed by atoms with E-state index in [1.807, 2.05) is 27.2 Å². The van der Waals surface area contributed by atoms with Crippen LogP contribution in [0.25, 0.3) is 0 Å². The summed E-state index contributed by atoms with van der Waals surface area (Å²) in [4.78, 5) is 23.0. The van der Waals surface area contributed by atoms with Crippen LogP contribution in [-0.4, -0.2) is 73.4 Å². The van der Waals surface area contributed by atoms with Gasteiger partial charge in [0.2, 0.25) is 5.91 Å². The van der Waals surface area contributed by atoms with E-state index in [-0.39, 0.29) is 19.1 Å². The quantitative estimate of drug-likeness (QED) is 0.0251. The molecule has 8 nitrogen and oxygen atoms in total. The number of unbranched alkanes of at least 4 members (excludes halogenated alkanes) is 14. The second-order valence-electron chi connectivity index (χ2n) is 15.3. The Hall–Kier alpha value is -2.06. The van der Waals surface area contributed by atoms with Crippen molar-refractivity contribution >= 4 is 13.7 Å². The van der Waals surface area contributed by atoms with Gasteiger partial charge in [0.05, 0.1) is 39.9 Å². The molecule has 0 fully saturated rings. The van der Waals surface area contributed by atoms with Gasteiger partial charge in [-0.3, -0.25) is 13.8 Å². The molecule has 0 saturated heterocycles. The van der Waals surface area contributed by atoms with Crippen LogP contribution < -0.4 is 5.32 Å². The van der Waals surface area contributed by atoms with Crippen molar-refractivity contribution in [2.45, 2.75) is 167 Å². The van der Waals surface area contributed by atoms with Gasteiger partial charge in [0.15, 0.2) is 0 Å². The van der Waals surface area contributed by atoms with Crippen LogP contribution in [0.2, 0.25) is 0 Å². The summed E-state index contributed by atoms with van der Waals surface area (Å²) in [5, 5.41) is 13.7. The number of nitrogens with zero attached hydrogens (tertiary/aromatic N) is 1. The van der Waals surface area contributed by atoms with Crippen LogP contribution in [-0.2, 0) is 18.4 Å². The smallest absolute Gasteiger partial charge is 0.387 e. The lowest BCUT2D eigenvalue weighted by Gasteiger charge is -2.25. The zero-order valence-electron chi connectivity index (χ0n) is 35.2. The van der Waals surface area contributed by atoms with Gasteiger partial charge in [0, 0.05) is 6.42 Å².